The quantitative estimate of drug-likeness (QED) is 0.0510. The Hall–Kier alpha value is -4.88. The Bertz CT molecular complexity index is 1750. The minimum Gasteiger partial charge on any atom is -0.337 e. The fraction of sp³-hybridized carbons (Fsp3) is 0.174. The first-order valence-corrected chi connectivity index (χ1v) is 21.2. The molecule has 6 heteroatoms. The maximum atomic E-state index is 5.25. The SMILES string of the molecule is Cc1ccc(NC(=NCCCP(c2ccccc2)c2ccccc2)C(=NCCCP(c2ccccc2)c2ccccc2)Nc2ccc(C)cc2)cc1. The molecule has 0 saturated carbocycles. The normalized spacial score (nSPS) is 11.9. The van der Waals surface area contributed by atoms with Crippen molar-refractivity contribution in [2.45, 2.75) is 26.7 Å². The number of hydrogen-bond acceptors (Lipinski definition) is 2. The molecular weight excluding hydrogens is 670 g/mol. The highest BCUT2D eigenvalue weighted by atomic mass is 31.1. The Morgan fingerprint density at radius 1 is 0.404 bits per heavy atom. The van der Waals surface area contributed by atoms with Crippen LogP contribution in [0.15, 0.2) is 180 Å². The largest absolute Gasteiger partial charge is 0.337 e. The summed E-state index contributed by atoms with van der Waals surface area (Å²) in [5.41, 5.74) is 4.43. The minimum atomic E-state index is -0.482. The van der Waals surface area contributed by atoms with Crippen LogP contribution in [-0.4, -0.2) is 37.1 Å². The zero-order valence-corrected chi connectivity index (χ0v) is 32.0. The van der Waals surface area contributed by atoms with Crippen LogP contribution in [0.4, 0.5) is 11.4 Å². The fourth-order valence-electron chi connectivity index (χ4n) is 5.98. The zero-order valence-electron chi connectivity index (χ0n) is 30.2. The van der Waals surface area contributed by atoms with Crippen LogP contribution in [0.5, 0.6) is 0 Å². The van der Waals surface area contributed by atoms with Crippen molar-refractivity contribution in [2.75, 3.05) is 36.0 Å². The van der Waals surface area contributed by atoms with E-state index in [0.29, 0.717) is 13.1 Å². The van der Waals surface area contributed by atoms with Gasteiger partial charge in [-0.25, -0.2) is 0 Å². The number of nitrogens with zero attached hydrogens (tertiary/aromatic N) is 2. The van der Waals surface area contributed by atoms with Crippen molar-refractivity contribution >= 4 is 60.1 Å². The van der Waals surface area contributed by atoms with Gasteiger partial charge >= 0.3 is 0 Å². The summed E-state index contributed by atoms with van der Waals surface area (Å²) in [5.74, 6) is 1.53. The van der Waals surface area contributed by atoms with Crippen LogP contribution < -0.4 is 31.9 Å². The first-order chi connectivity index (χ1) is 25.6. The summed E-state index contributed by atoms with van der Waals surface area (Å²) in [7, 11) is -0.964. The molecular formula is C46H48N4P2. The van der Waals surface area contributed by atoms with Crippen molar-refractivity contribution in [1.29, 1.82) is 0 Å². The molecule has 4 nitrogen and oxygen atoms in total. The van der Waals surface area contributed by atoms with E-state index in [2.05, 4.69) is 194 Å². The number of benzene rings is 6. The lowest BCUT2D eigenvalue weighted by atomic mass is 10.2. The molecule has 0 unspecified atom stereocenters. The van der Waals surface area contributed by atoms with Gasteiger partial charge in [0, 0.05) is 24.5 Å². The number of hydrogen-bond donors (Lipinski definition) is 2. The van der Waals surface area contributed by atoms with Gasteiger partial charge in [0.2, 0.25) is 0 Å². The van der Waals surface area contributed by atoms with Crippen molar-refractivity contribution in [3.63, 3.8) is 0 Å². The molecule has 0 fully saturated rings. The molecule has 6 aromatic rings. The standard InChI is InChI=1S/C46H48N4P2/c1-37-25-29-39(30-26-37)49-45(47-33-15-35-51(41-17-7-3-8-18-41)42-19-9-4-10-20-42)46(50-40-31-27-38(2)28-32-40)48-34-16-36-52(43-21-11-5-12-22-43)44-23-13-6-14-24-44/h3-14,17-32H,15-16,33-36H2,1-2H3,(H,47,49)(H,48,50). The summed E-state index contributed by atoms with van der Waals surface area (Å²) in [5, 5.41) is 12.9. The first kappa shape index (κ1) is 36.9. The molecule has 0 heterocycles. The summed E-state index contributed by atoms with van der Waals surface area (Å²) in [4.78, 5) is 10.5. The van der Waals surface area contributed by atoms with Crippen molar-refractivity contribution in [2.24, 2.45) is 9.98 Å². The van der Waals surface area contributed by atoms with Gasteiger partial charge in [0.1, 0.15) is 0 Å². The maximum Gasteiger partial charge on any atom is 0.168 e. The Morgan fingerprint density at radius 2 is 0.692 bits per heavy atom. The summed E-state index contributed by atoms with van der Waals surface area (Å²) < 4.78 is 0. The van der Waals surface area contributed by atoms with E-state index >= 15 is 0 Å². The highest BCUT2D eigenvalue weighted by Crippen LogP contribution is 2.35. The Labute approximate surface area is 312 Å². The van der Waals surface area contributed by atoms with Crippen LogP contribution in [0, 0.1) is 13.8 Å². The van der Waals surface area contributed by atoms with Gasteiger partial charge in [-0.15, -0.1) is 0 Å². The second-order valence-corrected chi connectivity index (χ2v) is 17.5. The molecule has 2 N–H and O–H groups in total. The van der Waals surface area contributed by atoms with Crippen LogP contribution >= 0.6 is 15.8 Å². The van der Waals surface area contributed by atoms with Gasteiger partial charge < -0.3 is 10.6 Å². The molecule has 0 bridgehead atoms. The molecule has 0 amide bonds. The van der Waals surface area contributed by atoms with Gasteiger partial charge in [0.15, 0.2) is 11.7 Å². The highest BCUT2D eigenvalue weighted by molar-refractivity contribution is 7.73. The van der Waals surface area contributed by atoms with Crippen molar-refractivity contribution in [1.82, 2.24) is 0 Å². The molecule has 6 rings (SSSR count). The molecule has 0 aliphatic carbocycles. The zero-order chi connectivity index (χ0) is 35.8. The van der Waals surface area contributed by atoms with Crippen LogP contribution in [-0.2, 0) is 0 Å². The molecule has 0 atom stereocenters. The average Bonchev–Trinajstić information content (AvgIpc) is 3.20. The van der Waals surface area contributed by atoms with Gasteiger partial charge in [0.25, 0.3) is 0 Å². The fourth-order valence-corrected chi connectivity index (χ4v) is 10.7. The van der Waals surface area contributed by atoms with Crippen LogP contribution in [0.3, 0.4) is 0 Å². The van der Waals surface area contributed by atoms with Gasteiger partial charge in [-0.1, -0.05) is 157 Å². The number of nitrogens with one attached hydrogen (secondary N) is 2. The van der Waals surface area contributed by atoms with Crippen LogP contribution in [0.1, 0.15) is 24.0 Å². The van der Waals surface area contributed by atoms with Gasteiger partial charge in [-0.2, -0.15) is 0 Å². The molecule has 0 radical (unpaired) electrons. The molecule has 262 valence electrons. The van der Waals surface area contributed by atoms with Crippen LogP contribution in [0.2, 0.25) is 0 Å². The monoisotopic (exact) mass is 718 g/mol. The smallest absolute Gasteiger partial charge is 0.168 e. The molecule has 6 aromatic carbocycles. The van der Waals surface area contributed by atoms with Crippen molar-refractivity contribution in [3.8, 4) is 0 Å². The number of rotatable bonds is 14. The molecule has 0 saturated heterocycles. The van der Waals surface area contributed by atoms with E-state index in [1.165, 1.54) is 32.3 Å². The predicted molar refractivity (Wildman–Crippen MR) is 231 cm³/mol. The van der Waals surface area contributed by atoms with Crippen molar-refractivity contribution < 1.29 is 0 Å². The Kier molecular flexibility index (Phi) is 13.9. The predicted octanol–water partition coefficient (Wildman–Crippen LogP) is 9.67. The molecule has 0 aliphatic rings. The molecule has 0 spiro atoms. The van der Waals surface area contributed by atoms with E-state index in [4.69, 9.17) is 9.98 Å². The number of aryl methyl sites for hydroxylation is 2. The summed E-state index contributed by atoms with van der Waals surface area (Å²) in [6.07, 6.45) is 4.05. The second kappa shape index (κ2) is 19.7. The summed E-state index contributed by atoms with van der Waals surface area (Å²) >= 11 is 0. The molecule has 0 aliphatic heterocycles. The second-order valence-electron chi connectivity index (χ2n) is 12.8. The van der Waals surface area contributed by atoms with Gasteiger partial charge in [-0.05, 0) is 100 Å². The molecule has 52 heavy (non-hydrogen) atoms. The first-order valence-electron chi connectivity index (χ1n) is 18.1. The van der Waals surface area contributed by atoms with Gasteiger partial charge in [0.05, 0.1) is 0 Å². The third-order valence-electron chi connectivity index (χ3n) is 8.74. The van der Waals surface area contributed by atoms with E-state index in [9.17, 15) is 0 Å². The Morgan fingerprint density at radius 3 is 0.981 bits per heavy atom. The maximum absolute atomic E-state index is 5.25. The van der Waals surface area contributed by atoms with E-state index in [1.54, 1.807) is 0 Å². The highest BCUT2D eigenvalue weighted by Gasteiger charge is 2.16. The van der Waals surface area contributed by atoms with E-state index in [-0.39, 0.29) is 0 Å². The number of aliphatic imine (C=N–C) groups is 2. The van der Waals surface area contributed by atoms with E-state index in [0.717, 1.165) is 48.2 Å². The lowest BCUT2D eigenvalue weighted by molar-refractivity contribution is 0.934. The third kappa shape index (κ3) is 11.1. The topological polar surface area (TPSA) is 48.8 Å². The average molecular weight is 719 g/mol. The Balaban J connectivity index is 1.25. The van der Waals surface area contributed by atoms with Gasteiger partial charge in [-0.3, -0.25) is 9.98 Å². The van der Waals surface area contributed by atoms with Crippen molar-refractivity contribution in [3.05, 3.63) is 181 Å². The van der Waals surface area contributed by atoms with E-state index < -0.39 is 15.8 Å². The van der Waals surface area contributed by atoms with Crippen LogP contribution in [0.25, 0.3) is 0 Å². The number of anilines is 2. The van der Waals surface area contributed by atoms with E-state index in [1.807, 2.05) is 0 Å². The summed E-state index contributed by atoms with van der Waals surface area (Å²) in [6.45, 7) is 5.60. The minimum absolute atomic E-state index is 0.482. The lowest BCUT2D eigenvalue weighted by Gasteiger charge is -2.19. The summed E-state index contributed by atoms with van der Waals surface area (Å²) in [6, 6.07) is 60.7. The molecule has 0 aromatic heterocycles. The lowest BCUT2D eigenvalue weighted by Crippen LogP contribution is -2.31. The number of amidine groups is 2. The third-order valence-corrected chi connectivity index (χ3v) is 14.0.